The third kappa shape index (κ3) is 3.35. The summed E-state index contributed by atoms with van der Waals surface area (Å²) in [7, 11) is 0. The first-order chi connectivity index (χ1) is 10.6. The molecule has 118 valence electrons. The highest BCUT2D eigenvalue weighted by Gasteiger charge is 2.26. The smallest absolute Gasteiger partial charge is 0.226 e. The van der Waals surface area contributed by atoms with Crippen LogP contribution in [0, 0.1) is 19.8 Å². The number of aromatic amines is 1. The van der Waals surface area contributed by atoms with E-state index < -0.39 is 0 Å². The van der Waals surface area contributed by atoms with E-state index in [0.717, 1.165) is 42.9 Å². The summed E-state index contributed by atoms with van der Waals surface area (Å²) in [6, 6.07) is 0. The number of hydrogen-bond acceptors (Lipinski definition) is 5. The Morgan fingerprint density at radius 3 is 3.05 bits per heavy atom. The molecular weight excluding hydrogens is 282 g/mol. The molecule has 0 aliphatic heterocycles. The molecule has 0 saturated heterocycles. The molecule has 7 nitrogen and oxygen atoms in total. The van der Waals surface area contributed by atoms with Crippen LogP contribution in [0.4, 0.5) is 0 Å². The zero-order chi connectivity index (χ0) is 15.5. The quantitative estimate of drug-likeness (QED) is 0.811. The molecule has 0 radical (unpaired) electrons. The van der Waals surface area contributed by atoms with Crippen LogP contribution < -0.4 is 5.32 Å². The molecule has 2 aromatic heterocycles. The molecule has 0 spiro atoms. The van der Waals surface area contributed by atoms with Crippen molar-refractivity contribution in [1.82, 2.24) is 25.4 Å². The minimum atomic E-state index is 0.0398. The van der Waals surface area contributed by atoms with Gasteiger partial charge >= 0.3 is 0 Å². The fraction of sp³-hybridized carbons (Fsp3) is 0.600. The topological polar surface area (TPSA) is 96.7 Å². The first kappa shape index (κ1) is 14.7. The highest BCUT2D eigenvalue weighted by molar-refractivity contribution is 5.79. The standard InChI is InChI=1S/C15H21N5O2/c1-9-17-12-6-5-11(8-13(12)18-9)15(21)16-7-3-4-14-19-10(2)20-22-14/h11H,3-8H2,1-2H3,(H,16,21)(H,17,18)/t11-/m1/s1. The maximum Gasteiger partial charge on any atom is 0.226 e. The van der Waals surface area contributed by atoms with Gasteiger partial charge in [-0.25, -0.2) is 4.98 Å². The molecule has 0 aromatic carbocycles. The highest BCUT2D eigenvalue weighted by Crippen LogP contribution is 2.23. The van der Waals surface area contributed by atoms with Crippen LogP contribution in [0.15, 0.2) is 4.52 Å². The van der Waals surface area contributed by atoms with Crippen LogP contribution in [-0.2, 0) is 24.1 Å². The van der Waals surface area contributed by atoms with E-state index in [9.17, 15) is 4.79 Å². The van der Waals surface area contributed by atoms with Crippen molar-refractivity contribution in [2.45, 2.75) is 46.0 Å². The van der Waals surface area contributed by atoms with Gasteiger partial charge in [-0.15, -0.1) is 0 Å². The normalized spacial score (nSPS) is 17.3. The number of carbonyl (C=O) groups is 1. The van der Waals surface area contributed by atoms with Crippen LogP contribution in [-0.4, -0.2) is 32.6 Å². The van der Waals surface area contributed by atoms with Crippen molar-refractivity contribution in [3.05, 3.63) is 28.9 Å². The molecule has 1 amide bonds. The largest absolute Gasteiger partial charge is 0.356 e. The summed E-state index contributed by atoms with van der Waals surface area (Å²) in [6.45, 7) is 4.38. The fourth-order valence-electron chi connectivity index (χ4n) is 2.88. The zero-order valence-electron chi connectivity index (χ0n) is 13.0. The number of nitrogens with one attached hydrogen (secondary N) is 2. The maximum atomic E-state index is 12.2. The number of hydrogen-bond donors (Lipinski definition) is 2. The van der Waals surface area contributed by atoms with Crippen molar-refractivity contribution in [2.75, 3.05) is 6.54 Å². The zero-order valence-corrected chi connectivity index (χ0v) is 13.0. The summed E-state index contributed by atoms with van der Waals surface area (Å²) in [5.74, 6) is 2.37. The lowest BCUT2D eigenvalue weighted by atomic mass is 9.89. The summed E-state index contributed by atoms with van der Waals surface area (Å²) in [5, 5.41) is 6.75. The van der Waals surface area contributed by atoms with Gasteiger partial charge in [0.15, 0.2) is 5.82 Å². The Hall–Kier alpha value is -2.18. The minimum Gasteiger partial charge on any atom is -0.356 e. The van der Waals surface area contributed by atoms with E-state index in [0.29, 0.717) is 24.7 Å². The molecule has 2 N–H and O–H groups in total. The molecule has 0 fully saturated rings. The predicted molar refractivity (Wildman–Crippen MR) is 79.2 cm³/mol. The first-order valence-electron chi connectivity index (χ1n) is 7.73. The Balaban J connectivity index is 1.43. The van der Waals surface area contributed by atoms with Crippen molar-refractivity contribution in [3.8, 4) is 0 Å². The van der Waals surface area contributed by atoms with Gasteiger partial charge in [-0.2, -0.15) is 4.98 Å². The summed E-state index contributed by atoms with van der Waals surface area (Å²) in [4.78, 5) is 24.1. The Bertz CT molecular complexity index is 661. The van der Waals surface area contributed by atoms with Crippen LogP contribution in [0.25, 0.3) is 0 Å². The van der Waals surface area contributed by atoms with Crippen LogP contribution in [0.3, 0.4) is 0 Å². The third-order valence-corrected chi connectivity index (χ3v) is 3.97. The van der Waals surface area contributed by atoms with Gasteiger partial charge < -0.3 is 14.8 Å². The average Bonchev–Trinajstić information content (AvgIpc) is 3.07. The van der Waals surface area contributed by atoms with Gasteiger partial charge in [0.25, 0.3) is 0 Å². The second-order valence-corrected chi connectivity index (χ2v) is 5.82. The summed E-state index contributed by atoms with van der Waals surface area (Å²) < 4.78 is 5.04. The third-order valence-electron chi connectivity index (χ3n) is 3.97. The van der Waals surface area contributed by atoms with Gasteiger partial charge in [0, 0.05) is 31.0 Å². The van der Waals surface area contributed by atoms with E-state index in [2.05, 4.69) is 25.4 Å². The highest BCUT2D eigenvalue weighted by atomic mass is 16.5. The van der Waals surface area contributed by atoms with E-state index in [4.69, 9.17) is 4.52 Å². The van der Waals surface area contributed by atoms with Crippen LogP contribution >= 0.6 is 0 Å². The molecule has 0 saturated carbocycles. The van der Waals surface area contributed by atoms with Crippen molar-refractivity contribution in [2.24, 2.45) is 5.92 Å². The van der Waals surface area contributed by atoms with Gasteiger partial charge in [0.1, 0.15) is 5.82 Å². The van der Waals surface area contributed by atoms with Crippen LogP contribution in [0.2, 0.25) is 0 Å². The Morgan fingerprint density at radius 2 is 2.27 bits per heavy atom. The Kier molecular flexibility index (Phi) is 4.22. The molecular formula is C15H21N5O2. The second kappa shape index (κ2) is 6.29. The fourth-order valence-corrected chi connectivity index (χ4v) is 2.88. The second-order valence-electron chi connectivity index (χ2n) is 5.82. The average molecular weight is 303 g/mol. The molecule has 0 unspecified atom stereocenters. The lowest BCUT2D eigenvalue weighted by molar-refractivity contribution is -0.125. The van der Waals surface area contributed by atoms with Crippen molar-refractivity contribution < 1.29 is 9.32 Å². The Morgan fingerprint density at radius 1 is 1.41 bits per heavy atom. The summed E-state index contributed by atoms with van der Waals surface area (Å²) in [6.07, 6.45) is 3.99. The number of aromatic nitrogens is 4. The number of rotatable bonds is 5. The molecule has 7 heteroatoms. The SMILES string of the molecule is Cc1noc(CCCNC(=O)[C@@H]2CCc3nc(C)[nH]c3C2)n1. The molecule has 1 atom stereocenters. The lowest BCUT2D eigenvalue weighted by Crippen LogP contribution is -2.34. The number of fused-ring (bicyclic) bond motifs is 1. The number of carbonyl (C=O) groups excluding carboxylic acids is 1. The molecule has 2 aromatic rings. The molecule has 3 rings (SSSR count). The number of nitrogens with zero attached hydrogens (tertiary/aromatic N) is 3. The molecule has 0 bridgehead atoms. The van der Waals surface area contributed by atoms with Gasteiger partial charge in [-0.05, 0) is 33.1 Å². The molecule has 2 heterocycles. The molecule has 22 heavy (non-hydrogen) atoms. The van der Waals surface area contributed by atoms with E-state index in [1.165, 1.54) is 0 Å². The first-order valence-corrected chi connectivity index (χ1v) is 7.73. The van der Waals surface area contributed by atoms with E-state index in [1.807, 2.05) is 6.92 Å². The lowest BCUT2D eigenvalue weighted by Gasteiger charge is -2.20. The molecule has 1 aliphatic carbocycles. The number of H-pyrrole nitrogens is 1. The van der Waals surface area contributed by atoms with Crippen LogP contribution in [0.5, 0.6) is 0 Å². The van der Waals surface area contributed by atoms with E-state index >= 15 is 0 Å². The number of aryl methyl sites for hydroxylation is 4. The molecule has 1 aliphatic rings. The van der Waals surface area contributed by atoms with Crippen LogP contribution in [0.1, 0.15) is 41.8 Å². The van der Waals surface area contributed by atoms with Crippen molar-refractivity contribution >= 4 is 5.91 Å². The van der Waals surface area contributed by atoms with Gasteiger partial charge in [-0.1, -0.05) is 5.16 Å². The van der Waals surface area contributed by atoms with Gasteiger partial charge in [0.2, 0.25) is 11.8 Å². The monoisotopic (exact) mass is 303 g/mol. The predicted octanol–water partition coefficient (Wildman–Crippen LogP) is 1.26. The summed E-state index contributed by atoms with van der Waals surface area (Å²) >= 11 is 0. The van der Waals surface area contributed by atoms with E-state index in [1.54, 1.807) is 6.92 Å². The minimum absolute atomic E-state index is 0.0398. The van der Waals surface area contributed by atoms with Gasteiger partial charge in [0.05, 0.1) is 5.69 Å². The maximum absolute atomic E-state index is 12.2. The van der Waals surface area contributed by atoms with Crippen molar-refractivity contribution in [3.63, 3.8) is 0 Å². The Labute approximate surface area is 128 Å². The number of imidazole rings is 1. The number of amides is 1. The van der Waals surface area contributed by atoms with Gasteiger partial charge in [-0.3, -0.25) is 4.79 Å². The summed E-state index contributed by atoms with van der Waals surface area (Å²) in [5.41, 5.74) is 2.23. The van der Waals surface area contributed by atoms with Crippen molar-refractivity contribution in [1.29, 1.82) is 0 Å². The van der Waals surface area contributed by atoms with E-state index in [-0.39, 0.29) is 11.8 Å².